The molecular weight excluding hydrogens is 370 g/mol. The fourth-order valence-electron chi connectivity index (χ4n) is 2.00. The summed E-state index contributed by atoms with van der Waals surface area (Å²) in [5.74, 6) is 1.69. The Bertz CT molecular complexity index is 719. The number of hydrogen-bond acceptors (Lipinski definition) is 4. The van der Waals surface area contributed by atoms with Crippen molar-refractivity contribution in [1.29, 1.82) is 5.26 Å². The molecule has 29 heavy (non-hydrogen) atoms. The van der Waals surface area contributed by atoms with Gasteiger partial charge in [-0.3, -0.25) is 0 Å². The van der Waals surface area contributed by atoms with Gasteiger partial charge in [-0.05, 0) is 83.5 Å². The fourth-order valence-corrected chi connectivity index (χ4v) is 2.00. The predicted octanol–water partition coefficient (Wildman–Crippen LogP) is 1.63. The monoisotopic (exact) mass is 408 g/mol. The van der Waals surface area contributed by atoms with Crippen molar-refractivity contribution in [2.75, 3.05) is 0 Å². The molecule has 0 bridgehead atoms. The third-order valence-corrected chi connectivity index (χ3v) is 2.99. The molecule has 0 aromatic heterocycles. The van der Waals surface area contributed by atoms with Gasteiger partial charge in [0, 0.05) is 6.54 Å². The molecule has 0 saturated heterocycles. The van der Waals surface area contributed by atoms with Gasteiger partial charge in [-0.1, -0.05) is 19.6 Å². The van der Waals surface area contributed by atoms with Gasteiger partial charge in [0.05, 0.1) is 11.6 Å². The Morgan fingerprint density at radius 2 is 1.17 bits per heavy atom. The first kappa shape index (κ1) is 32.3. The van der Waals surface area contributed by atoms with Crippen LogP contribution in [0.1, 0.15) is 61.5 Å². The molecule has 0 aliphatic heterocycles. The van der Waals surface area contributed by atoms with E-state index in [1.54, 1.807) is 12.1 Å². The van der Waals surface area contributed by atoms with Crippen molar-refractivity contribution in [3.63, 3.8) is 0 Å². The van der Waals surface area contributed by atoms with Crippen LogP contribution in [0.2, 0.25) is 0 Å². The first-order valence-electron chi connectivity index (χ1n) is 8.69. The van der Waals surface area contributed by atoms with Gasteiger partial charge in [0.15, 0.2) is 17.4 Å². The number of hydrogen-bond donors (Lipinski definition) is 1. The van der Waals surface area contributed by atoms with Gasteiger partial charge in [-0.15, -0.1) is 0 Å². The molecule has 156 valence electrons. The Hall–Kier alpha value is -1.38. The number of benzene rings is 2. The number of nitriles is 1. The minimum absolute atomic E-state index is 0. The minimum Gasteiger partial charge on any atom is -1.00 e. The van der Waals surface area contributed by atoms with Crippen LogP contribution in [0.3, 0.4) is 0 Å². The van der Waals surface area contributed by atoms with Crippen LogP contribution in [0.4, 0.5) is 0 Å². The number of ether oxygens (including phenoxy) is 2. The molecule has 2 N–H and O–H groups in total. The van der Waals surface area contributed by atoms with Crippen LogP contribution >= 0.6 is 0 Å². The van der Waals surface area contributed by atoms with E-state index in [0.717, 1.165) is 17.1 Å². The van der Waals surface area contributed by atoms with E-state index in [9.17, 15) is 0 Å². The van der Waals surface area contributed by atoms with E-state index in [1.165, 1.54) is 0 Å². The van der Waals surface area contributed by atoms with Crippen molar-refractivity contribution in [2.24, 2.45) is 5.73 Å². The van der Waals surface area contributed by atoms with Gasteiger partial charge in [-0.25, -0.2) is 0 Å². The standard InChI is InChI=1S/C11H17NO.C11H13NO.CH4.Al.Li.4H/c2*1-11(2,3)13-10-6-4-9(8-12)5-7-10;;;;;;;/h4-7H,8,12H2,1-3H3;4-7H,1-3H3;1H4;;;;;;/q;;;;+1;;;;-1. The van der Waals surface area contributed by atoms with Crippen LogP contribution in [-0.2, 0) is 6.54 Å². The summed E-state index contributed by atoms with van der Waals surface area (Å²) in [5, 5.41) is 8.57. The van der Waals surface area contributed by atoms with Crippen LogP contribution in [0, 0.1) is 11.3 Å². The topological polar surface area (TPSA) is 68.3 Å². The average molecular weight is 408 g/mol. The molecule has 0 atom stereocenters. The van der Waals surface area contributed by atoms with Gasteiger partial charge in [-0.2, -0.15) is 5.26 Å². The molecule has 0 heterocycles. The second kappa shape index (κ2) is 14.6. The van der Waals surface area contributed by atoms with Crippen LogP contribution in [0.5, 0.6) is 11.5 Å². The SMILES string of the molecule is C.CC(C)(C)Oc1ccc(C#N)cc1.CC(C)(C)Oc1ccc(CN)cc1.[AlH3].[H-].[Li+]. The Balaban J connectivity index is -0.000000199. The van der Waals surface area contributed by atoms with E-state index in [4.69, 9.17) is 20.5 Å². The van der Waals surface area contributed by atoms with Gasteiger partial charge in [0.1, 0.15) is 22.7 Å². The Labute approximate surface area is 201 Å². The van der Waals surface area contributed by atoms with Crippen molar-refractivity contribution in [3.05, 3.63) is 59.7 Å². The third-order valence-electron chi connectivity index (χ3n) is 2.99. The maximum absolute atomic E-state index is 8.57. The zero-order valence-electron chi connectivity index (χ0n) is 18.7. The summed E-state index contributed by atoms with van der Waals surface area (Å²) in [7, 11) is 0. The second-order valence-electron chi connectivity index (χ2n) is 7.91. The predicted molar refractivity (Wildman–Crippen MR) is 124 cm³/mol. The van der Waals surface area contributed by atoms with Gasteiger partial charge in [0.2, 0.25) is 0 Å². The van der Waals surface area contributed by atoms with E-state index in [-0.39, 0.29) is 56.3 Å². The van der Waals surface area contributed by atoms with Crippen LogP contribution < -0.4 is 34.1 Å². The van der Waals surface area contributed by atoms with Crippen molar-refractivity contribution >= 4 is 17.4 Å². The normalized spacial score (nSPS) is 9.86. The second-order valence-corrected chi connectivity index (χ2v) is 7.91. The summed E-state index contributed by atoms with van der Waals surface area (Å²) in [4.78, 5) is 0. The van der Waals surface area contributed by atoms with Crippen molar-refractivity contribution in [1.82, 2.24) is 0 Å². The van der Waals surface area contributed by atoms with Gasteiger partial charge >= 0.3 is 18.9 Å². The molecule has 2 aromatic rings. The maximum atomic E-state index is 8.57. The Morgan fingerprint density at radius 3 is 1.45 bits per heavy atom. The van der Waals surface area contributed by atoms with Crippen LogP contribution in [0.15, 0.2) is 48.5 Å². The zero-order valence-corrected chi connectivity index (χ0v) is 17.7. The molecule has 0 saturated carbocycles. The van der Waals surface area contributed by atoms with E-state index < -0.39 is 0 Å². The average Bonchev–Trinajstić information content (AvgIpc) is 2.54. The third kappa shape index (κ3) is 15.2. The quantitative estimate of drug-likeness (QED) is 0.784. The zero-order chi connectivity index (χ0) is 19.8. The summed E-state index contributed by atoms with van der Waals surface area (Å²) < 4.78 is 11.3. The summed E-state index contributed by atoms with van der Waals surface area (Å²) in [6.45, 7) is 12.6. The molecule has 6 heteroatoms. The van der Waals surface area contributed by atoms with E-state index in [1.807, 2.05) is 77.9 Å². The molecule has 0 amide bonds. The fraction of sp³-hybridized carbons (Fsp3) is 0.435. The molecule has 0 aliphatic carbocycles. The summed E-state index contributed by atoms with van der Waals surface area (Å²) in [6, 6.07) is 17.1. The van der Waals surface area contributed by atoms with E-state index >= 15 is 0 Å². The molecule has 4 nitrogen and oxygen atoms in total. The van der Waals surface area contributed by atoms with Crippen molar-refractivity contribution in [3.8, 4) is 17.6 Å². The van der Waals surface area contributed by atoms with Crippen molar-refractivity contribution < 1.29 is 29.8 Å². The van der Waals surface area contributed by atoms with Crippen molar-refractivity contribution in [2.45, 2.75) is 66.7 Å². The molecule has 0 unspecified atom stereocenters. The van der Waals surface area contributed by atoms with E-state index in [0.29, 0.717) is 12.1 Å². The summed E-state index contributed by atoms with van der Waals surface area (Å²) in [6.07, 6.45) is 0. The molecule has 0 aliphatic rings. The van der Waals surface area contributed by atoms with Crippen LogP contribution in [0.25, 0.3) is 0 Å². The summed E-state index contributed by atoms with van der Waals surface area (Å²) >= 11 is 0. The molecule has 0 radical (unpaired) electrons. The van der Waals surface area contributed by atoms with Gasteiger partial charge in [0.25, 0.3) is 0 Å². The molecule has 0 spiro atoms. The molecular formula is C23H38AlLiN2O2. The Morgan fingerprint density at radius 1 is 0.828 bits per heavy atom. The molecule has 2 aromatic carbocycles. The first-order valence-corrected chi connectivity index (χ1v) is 8.69. The largest absolute Gasteiger partial charge is 1.00 e. The smallest absolute Gasteiger partial charge is 1.00 e. The maximum Gasteiger partial charge on any atom is 1.00 e. The van der Waals surface area contributed by atoms with Crippen LogP contribution in [-0.4, -0.2) is 28.6 Å². The minimum atomic E-state index is -0.186. The van der Waals surface area contributed by atoms with E-state index in [2.05, 4.69) is 6.07 Å². The Kier molecular flexibility index (Phi) is 16.2. The number of nitrogens with two attached hydrogens (primary N) is 1. The molecule has 2 rings (SSSR count). The van der Waals surface area contributed by atoms with Gasteiger partial charge < -0.3 is 16.6 Å². The molecule has 0 fully saturated rings. The summed E-state index contributed by atoms with van der Waals surface area (Å²) in [5.41, 5.74) is 6.95. The number of rotatable bonds is 3. The first-order chi connectivity index (χ1) is 12.0. The number of nitrogens with zero attached hydrogens (tertiary/aromatic N) is 1.